The van der Waals surface area contributed by atoms with E-state index in [1.165, 1.54) is 6.33 Å². The van der Waals surface area contributed by atoms with Crippen LogP contribution in [0.5, 0.6) is 0 Å². The molecule has 2 aromatic heterocycles. The Kier molecular flexibility index (Phi) is 2.79. The zero-order chi connectivity index (χ0) is 12.5. The normalized spacial score (nSPS) is 14.7. The first-order valence-electron chi connectivity index (χ1n) is 5.82. The molecule has 5 nitrogen and oxygen atoms in total. The van der Waals surface area contributed by atoms with Crippen LogP contribution in [-0.4, -0.2) is 19.5 Å². The summed E-state index contributed by atoms with van der Waals surface area (Å²) < 4.78 is 2.49. The zero-order valence-corrected chi connectivity index (χ0v) is 10.5. The van der Waals surface area contributed by atoms with Gasteiger partial charge in [-0.2, -0.15) is 0 Å². The molecule has 2 aromatic rings. The minimum Gasteiger partial charge on any atom is -0.322 e. The lowest BCUT2D eigenvalue weighted by Crippen LogP contribution is -2.18. The van der Waals surface area contributed by atoms with Crippen LogP contribution in [0.15, 0.2) is 29.7 Å². The van der Waals surface area contributed by atoms with E-state index in [-0.39, 0.29) is 5.56 Å². The van der Waals surface area contributed by atoms with Crippen molar-refractivity contribution in [2.75, 3.05) is 0 Å². The predicted molar refractivity (Wildman–Crippen MR) is 69.0 cm³/mol. The topological polar surface area (TPSA) is 63.6 Å². The molecule has 0 atom stereocenters. The summed E-state index contributed by atoms with van der Waals surface area (Å²) >= 11 is 5.16. The first kappa shape index (κ1) is 11.3. The minimum atomic E-state index is -0.124. The average molecular weight is 260 g/mol. The SMILES string of the molecule is O=c1[nH]c(=S)n(C2CC2)cc1Cc1cncnc1. The van der Waals surface area contributed by atoms with E-state index in [4.69, 9.17) is 12.2 Å². The van der Waals surface area contributed by atoms with E-state index in [0.29, 0.717) is 22.8 Å². The quantitative estimate of drug-likeness (QED) is 0.852. The van der Waals surface area contributed by atoms with Crippen molar-refractivity contribution >= 4 is 12.2 Å². The van der Waals surface area contributed by atoms with Crippen molar-refractivity contribution in [1.29, 1.82) is 0 Å². The van der Waals surface area contributed by atoms with Crippen molar-refractivity contribution in [2.45, 2.75) is 25.3 Å². The molecule has 92 valence electrons. The predicted octanol–water partition coefficient (Wildman–Crippen LogP) is 1.62. The van der Waals surface area contributed by atoms with Crippen LogP contribution in [0.4, 0.5) is 0 Å². The lowest BCUT2D eigenvalue weighted by molar-refractivity contribution is 0.687. The van der Waals surface area contributed by atoms with Crippen molar-refractivity contribution in [1.82, 2.24) is 19.5 Å². The molecule has 0 spiro atoms. The summed E-state index contributed by atoms with van der Waals surface area (Å²) in [4.78, 5) is 22.5. The molecule has 1 saturated carbocycles. The third kappa shape index (κ3) is 2.24. The molecule has 0 amide bonds. The largest absolute Gasteiger partial charge is 0.322 e. The summed E-state index contributed by atoms with van der Waals surface area (Å²) in [5.41, 5.74) is 1.49. The van der Waals surface area contributed by atoms with Gasteiger partial charge in [-0.05, 0) is 30.6 Å². The molecule has 6 heteroatoms. The van der Waals surface area contributed by atoms with Gasteiger partial charge < -0.3 is 4.57 Å². The summed E-state index contributed by atoms with van der Waals surface area (Å²) in [5, 5.41) is 0. The van der Waals surface area contributed by atoms with Gasteiger partial charge >= 0.3 is 0 Å². The van der Waals surface area contributed by atoms with Gasteiger partial charge in [0.25, 0.3) is 5.56 Å². The van der Waals surface area contributed by atoms with Crippen LogP contribution in [-0.2, 0) is 6.42 Å². The van der Waals surface area contributed by atoms with Crippen LogP contribution in [0, 0.1) is 4.77 Å². The Labute approximate surface area is 109 Å². The highest BCUT2D eigenvalue weighted by Gasteiger charge is 2.24. The Morgan fingerprint density at radius 1 is 1.39 bits per heavy atom. The molecule has 1 aliphatic rings. The molecule has 1 N–H and O–H groups in total. The van der Waals surface area contributed by atoms with Crippen LogP contribution in [0.25, 0.3) is 0 Å². The smallest absolute Gasteiger partial charge is 0.255 e. The maximum atomic E-state index is 11.9. The fraction of sp³-hybridized carbons (Fsp3) is 0.333. The monoisotopic (exact) mass is 260 g/mol. The van der Waals surface area contributed by atoms with E-state index in [0.717, 1.165) is 18.4 Å². The van der Waals surface area contributed by atoms with Gasteiger partial charge in [-0.3, -0.25) is 9.78 Å². The number of aromatic nitrogens is 4. The molecule has 1 fully saturated rings. The van der Waals surface area contributed by atoms with Gasteiger partial charge in [-0.15, -0.1) is 0 Å². The number of nitrogens with zero attached hydrogens (tertiary/aromatic N) is 3. The first-order valence-corrected chi connectivity index (χ1v) is 6.23. The standard InChI is InChI=1S/C12H12N4OS/c17-11-9(3-8-4-13-7-14-5-8)6-16(10-1-2-10)12(18)15-11/h4-7,10H,1-3H2,(H,15,17,18). The lowest BCUT2D eigenvalue weighted by Gasteiger charge is -2.07. The van der Waals surface area contributed by atoms with Gasteiger partial charge in [0, 0.05) is 36.6 Å². The van der Waals surface area contributed by atoms with Gasteiger partial charge in [0.1, 0.15) is 6.33 Å². The Morgan fingerprint density at radius 3 is 2.78 bits per heavy atom. The molecule has 0 aliphatic heterocycles. The third-order valence-electron chi connectivity index (χ3n) is 2.99. The van der Waals surface area contributed by atoms with Gasteiger partial charge in [-0.25, -0.2) is 9.97 Å². The molecule has 3 rings (SSSR count). The molecule has 0 unspecified atom stereocenters. The summed E-state index contributed by atoms with van der Waals surface area (Å²) in [6.07, 6.45) is 9.57. The van der Waals surface area contributed by atoms with E-state index in [1.807, 2.05) is 10.8 Å². The van der Waals surface area contributed by atoms with Crippen LogP contribution in [0.2, 0.25) is 0 Å². The van der Waals surface area contributed by atoms with E-state index >= 15 is 0 Å². The second-order valence-corrected chi connectivity index (χ2v) is 4.86. The van der Waals surface area contributed by atoms with E-state index in [9.17, 15) is 4.79 Å². The zero-order valence-electron chi connectivity index (χ0n) is 9.67. The van der Waals surface area contributed by atoms with Crippen LogP contribution in [0.3, 0.4) is 0 Å². The second-order valence-electron chi connectivity index (χ2n) is 4.48. The van der Waals surface area contributed by atoms with Gasteiger partial charge in [-0.1, -0.05) is 0 Å². The maximum absolute atomic E-state index is 11.9. The minimum absolute atomic E-state index is 0.124. The first-order chi connectivity index (χ1) is 8.74. The molecule has 18 heavy (non-hydrogen) atoms. The number of hydrogen-bond donors (Lipinski definition) is 1. The summed E-state index contributed by atoms with van der Waals surface area (Å²) in [6, 6.07) is 0.458. The Balaban J connectivity index is 1.99. The number of aromatic amines is 1. The second kappa shape index (κ2) is 4.45. The van der Waals surface area contributed by atoms with Crippen molar-refractivity contribution in [3.63, 3.8) is 0 Å². The Hall–Kier alpha value is -1.82. The molecule has 0 aromatic carbocycles. The highest BCUT2D eigenvalue weighted by molar-refractivity contribution is 7.71. The van der Waals surface area contributed by atoms with Crippen molar-refractivity contribution in [3.8, 4) is 0 Å². The number of hydrogen-bond acceptors (Lipinski definition) is 4. The van der Waals surface area contributed by atoms with Crippen LogP contribution in [0.1, 0.15) is 30.0 Å². The van der Waals surface area contributed by atoms with Crippen molar-refractivity contribution < 1.29 is 0 Å². The number of rotatable bonds is 3. The van der Waals surface area contributed by atoms with Crippen LogP contribution >= 0.6 is 12.2 Å². The third-order valence-corrected chi connectivity index (χ3v) is 3.30. The number of H-pyrrole nitrogens is 1. The molecular weight excluding hydrogens is 248 g/mol. The molecule has 0 radical (unpaired) electrons. The molecular formula is C12H12N4OS. The fourth-order valence-electron chi connectivity index (χ4n) is 1.92. The molecule has 0 bridgehead atoms. The average Bonchev–Trinajstić information content (AvgIpc) is 3.18. The highest BCUT2D eigenvalue weighted by atomic mass is 32.1. The number of nitrogens with one attached hydrogen (secondary N) is 1. The lowest BCUT2D eigenvalue weighted by atomic mass is 10.1. The fourth-order valence-corrected chi connectivity index (χ4v) is 2.21. The Morgan fingerprint density at radius 2 is 2.11 bits per heavy atom. The maximum Gasteiger partial charge on any atom is 0.255 e. The van der Waals surface area contributed by atoms with Crippen LogP contribution < -0.4 is 5.56 Å². The van der Waals surface area contributed by atoms with Gasteiger partial charge in [0.2, 0.25) is 0 Å². The summed E-state index contributed by atoms with van der Waals surface area (Å²) in [5.74, 6) is 0. The molecule has 0 saturated heterocycles. The summed E-state index contributed by atoms with van der Waals surface area (Å²) in [6.45, 7) is 0. The molecule has 1 aliphatic carbocycles. The molecule has 2 heterocycles. The van der Waals surface area contributed by atoms with Crippen molar-refractivity contribution in [2.24, 2.45) is 0 Å². The van der Waals surface area contributed by atoms with Gasteiger partial charge in [0.05, 0.1) is 0 Å². The highest BCUT2D eigenvalue weighted by Crippen LogP contribution is 2.34. The van der Waals surface area contributed by atoms with Crippen molar-refractivity contribution in [3.05, 3.63) is 51.2 Å². The summed E-state index contributed by atoms with van der Waals surface area (Å²) in [7, 11) is 0. The van der Waals surface area contributed by atoms with Gasteiger partial charge in [0.15, 0.2) is 4.77 Å². The van der Waals surface area contributed by atoms with E-state index < -0.39 is 0 Å². The Bertz CT molecular complexity index is 672. The van der Waals surface area contributed by atoms with E-state index in [1.54, 1.807) is 12.4 Å². The van der Waals surface area contributed by atoms with E-state index in [2.05, 4.69) is 15.0 Å².